The van der Waals surface area contributed by atoms with E-state index in [1.54, 1.807) is 12.1 Å². The van der Waals surface area contributed by atoms with Gasteiger partial charge in [0.2, 0.25) is 0 Å². The number of nitrogens with zero attached hydrogens (tertiary/aromatic N) is 2. The van der Waals surface area contributed by atoms with Crippen LogP contribution in [0.3, 0.4) is 0 Å². The van der Waals surface area contributed by atoms with Crippen molar-refractivity contribution >= 4 is 29.9 Å². The minimum atomic E-state index is -0.209. The zero-order chi connectivity index (χ0) is 16.7. The molecule has 0 atom stereocenters. The van der Waals surface area contributed by atoms with Gasteiger partial charge in [-0.3, -0.25) is 0 Å². The molecule has 0 spiro atoms. The molecule has 0 aromatic heterocycles. The molecule has 0 bridgehead atoms. The Morgan fingerprint density at radius 2 is 1.88 bits per heavy atom. The van der Waals surface area contributed by atoms with Gasteiger partial charge < -0.3 is 15.5 Å². The van der Waals surface area contributed by atoms with Crippen LogP contribution in [-0.2, 0) is 6.54 Å². The summed E-state index contributed by atoms with van der Waals surface area (Å²) in [5, 5.41) is 6.83. The van der Waals surface area contributed by atoms with Crippen LogP contribution in [0.4, 0.5) is 4.39 Å². The van der Waals surface area contributed by atoms with Crippen molar-refractivity contribution in [3.63, 3.8) is 0 Å². The number of nitrogens with one attached hydrogen (secondary N) is 2. The van der Waals surface area contributed by atoms with Crippen molar-refractivity contribution in [3.8, 4) is 0 Å². The van der Waals surface area contributed by atoms with Crippen LogP contribution in [-0.4, -0.2) is 42.6 Å². The van der Waals surface area contributed by atoms with E-state index in [1.165, 1.54) is 12.1 Å². The van der Waals surface area contributed by atoms with Gasteiger partial charge in [-0.25, -0.2) is 9.38 Å². The van der Waals surface area contributed by atoms with Crippen molar-refractivity contribution in [2.75, 3.05) is 19.6 Å². The first kappa shape index (κ1) is 21.2. The molecule has 4 nitrogen and oxygen atoms in total. The van der Waals surface area contributed by atoms with E-state index in [2.05, 4.69) is 41.3 Å². The fourth-order valence-electron chi connectivity index (χ4n) is 2.83. The summed E-state index contributed by atoms with van der Waals surface area (Å²) in [4.78, 5) is 7.13. The van der Waals surface area contributed by atoms with E-state index in [0.717, 1.165) is 44.0 Å². The van der Waals surface area contributed by atoms with Crippen molar-refractivity contribution < 1.29 is 4.39 Å². The molecule has 2 N–H and O–H groups in total. The fourth-order valence-corrected chi connectivity index (χ4v) is 2.83. The first-order valence-electron chi connectivity index (χ1n) is 8.61. The van der Waals surface area contributed by atoms with Crippen molar-refractivity contribution in [2.45, 2.75) is 52.2 Å². The second-order valence-corrected chi connectivity index (χ2v) is 6.37. The van der Waals surface area contributed by atoms with E-state index in [1.807, 2.05) is 0 Å². The molecule has 136 valence electrons. The molecule has 24 heavy (non-hydrogen) atoms. The maximum Gasteiger partial charge on any atom is 0.191 e. The molecule has 1 aromatic carbocycles. The van der Waals surface area contributed by atoms with Gasteiger partial charge in [-0.2, -0.15) is 0 Å². The second-order valence-electron chi connectivity index (χ2n) is 6.37. The number of hydrogen-bond acceptors (Lipinski definition) is 2. The number of piperidine rings is 1. The molecule has 2 rings (SSSR count). The lowest BCUT2D eigenvalue weighted by atomic mass is 10.0. The van der Waals surface area contributed by atoms with Gasteiger partial charge in [0, 0.05) is 31.7 Å². The first-order valence-corrected chi connectivity index (χ1v) is 8.61. The molecule has 1 aliphatic heterocycles. The van der Waals surface area contributed by atoms with Crippen LogP contribution in [0, 0.1) is 5.82 Å². The Balaban J connectivity index is 0.00000288. The summed E-state index contributed by atoms with van der Waals surface area (Å²) in [6.07, 6.45) is 2.28. The molecule has 1 saturated heterocycles. The zero-order valence-corrected chi connectivity index (χ0v) is 17.2. The van der Waals surface area contributed by atoms with Gasteiger partial charge in [0.25, 0.3) is 0 Å². The van der Waals surface area contributed by atoms with Crippen LogP contribution in [0.1, 0.15) is 39.2 Å². The molecule has 0 radical (unpaired) electrons. The van der Waals surface area contributed by atoms with Gasteiger partial charge in [0.1, 0.15) is 5.82 Å². The molecule has 0 unspecified atom stereocenters. The Kier molecular flexibility index (Phi) is 9.58. The molecule has 1 heterocycles. The van der Waals surface area contributed by atoms with Crippen LogP contribution >= 0.6 is 24.0 Å². The Morgan fingerprint density at radius 3 is 2.42 bits per heavy atom. The van der Waals surface area contributed by atoms with Gasteiger partial charge in [0.15, 0.2) is 5.96 Å². The molecule has 0 amide bonds. The van der Waals surface area contributed by atoms with Crippen molar-refractivity contribution in [1.82, 2.24) is 15.5 Å². The number of likely N-dealkylation sites (tertiary alicyclic amines) is 1. The summed E-state index contributed by atoms with van der Waals surface area (Å²) in [5.74, 6) is 0.638. The summed E-state index contributed by atoms with van der Waals surface area (Å²) in [6, 6.07) is 7.61. The largest absolute Gasteiger partial charge is 0.357 e. The molecule has 0 saturated carbocycles. The topological polar surface area (TPSA) is 39.7 Å². The van der Waals surface area contributed by atoms with Crippen LogP contribution in [0.25, 0.3) is 0 Å². The maximum absolute atomic E-state index is 12.9. The smallest absolute Gasteiger partial charge is 0.191 e. The second kappa shape index (κ2) is 10.9. The number of halogens is 2. The third-order valence-electron chi connectivity index (χ3n) is 4.28. The quantitative estimate of drug-likeness (QED) is 0.412. The summed E-state index contributed by atoms with van der Waals surface area (Å²) < 4.78 is 12.9. The van der Waals surface area contributed by atoms with Gasteiger partial charge in [-0.1, -0.05) is 12.1 Å². The Hall–Kier alpha value is -0.890. The molecular formula is C18H30FIN4. The molecule has 1 aliphatic rings. The summed E-state index contributed by atoms with van der Waals surface area (Å²) in [6.45, 7) is 10.2. The highest BCUT2D eigenvalue weighted by atomic mass is 127. The third kappa shape index (κ3) is 6.93. The number of guanidine groups is 1. The van der Waals surface area contributed by atoms with Gasteiger partial charge in [-0.15, -0.1) is 24.0 Å². The Morgan fingerprint density at radius 1 is 1.25 bits per heavy atom. The normalized spacial score (nSPS) is 16.8. The van der Waals surface area contributed by atoms with Gasteiger partial charge in [0.05, 0.1) is 6.54 Å². The van der Waals surface area contributed by atoms with Gasteiger partial charge in [-0.05, 0) is 51.3 Å². The molecular weight excluding hydrogens is 418 g/mol. The van der Waals surface area contributed by atoms with E-state index in [4.69, 9.17) is 0 Å². The average molecular weight is 448 g/mol. The molecule has 1 fully saturated rings. The van der Waals surface area contributed by atoms with Crippen LogP contribution < -0.4 is 10.6 Å². The minimum absolute atomic E-state index is 0. The predicted octanol–water partition coefficient (Wildman–Crippen LogP) is 3.37. The summed E-state index contributed by atoms with van der Waals surface area (Å²) >= 11 is 0. The highest BCUT2D eigenvalue weighted by Crippen LogP contribution is 2.13. The lowest BCUT2D eigenvalue weighted by Gasteiger charge is -2.35. The SMILES string of the molecule is CCNC(=NCc1ccc(F)cc1)NC1CCN(C(C)C)CC1.I. The van der Waals surface area contributed by atoms with E-state index in [-0.39, 0.29) is 29.8 Å². The van der Waals surface area contributed by atoms with E-state index in [9.17, 15) is 4.39 Å². The fraction of sp³-hybridized carbons (Fsp3) is 0.611. The minimum Gasteiger partial charge on any atom is -0.357 e. The standard InChI is InChI=1S/C18H29FN4.HI/c1-4-20-18(21-13-15-5-7-16(19)8-6-15)22-17-9-11-23(12-10-17)14(2)3;/h5-8,14,17H,4,9-13H2,1-3H3,(H2,20,21,22);1H. The number of rotatable bonds is 5. The monoisotopic (exact) mass is 448 g/mol. The predicted molar refractivity (Wildman–Crippen MR) is 109 cm³/mol. The van der Waals surface area contributed by atoms with Crippen molar-refractivity contribution in [1.29, 1.82) is 0 Å². The van der Waals surface area contributed by atoms with Crippen molar-refractivity contribution in [2.24, 2.45) is 4.99 Å². The van der Waals surface area contributed by atoms with Crippen LogP contribution in [0.15, 0.2) is 29.3 Å². The first-order chi connectivity index (χ1) is 11.1. The van der Waals surface area contributed by atoms with Gasteiger partial charge >= 0.3 is 0 Å². The third-order valence-corrected chi connectivity index (χ3v) is 4.28. The lowest BCUT2D eigenvalue weighted by Crippen LogP contribution is -2.49. The lowest BCUT2D eigenvalue weighted by molar-refractivity contribution is 0.167. The number of hydrogen-bond donors (Lipinski definition) is 2. The molecule has 1 aromatic rings. The average Bonchev–Trinajstić information content (AvgIpc) is 2.55. The van der Waals surface area contributed by atoms with E-state index >= 15 is 0 Å². The van der Waals surface area contributed by atoms with Crippen LogP contribution in [0.2, 0.25) is 0 Å². The number of aliphatic imine (C=N–C) groups is 1. The molecule has 0 aliphatic carbocycles. The zero-order valence-electron chi connectivity index (χ0n) is 14.9. The maximum atomic E-state index is 12.9. The Labute approximate surface area is 162 Å². The number of benzene rings is 1. The van der Waals surface area contributed by atoms with Crippen LogP contribution in [0.5, 0.6) is 0 Å². The Bertz CT molecular complexity index is 496. The summed E-state index contributed by atoms with van der Waals surface area (Å²) in [7, 11) is 0. The highest BCUT2D eigenvalue weighted by Gasteiger charge is 2.21. The summed E-state index contributed by atoms with van der Waals surface area (Å²) in [5.41, 5.74) is 1.01. The highest BCUT2D eigenvalue weighted by molar-refractivity contribution is 14.0. The van der Waals surface area contributed by atoms with E-state index in [0.29, 0.717) is 18.6 Å². The van der Waals surface area contributed by atoms with E-state index < -0.39 is 0 Å². The van der Waals surface area contributed by atoms with Crippen molar-refractivity contribution in [3.05, 3.63) is 35.6 Å². The molecule has 6 heteroatoms.